The molecule has 0 radical (unpaired) electrons. The van der Waals surface area contributed by atoms with Crippen molar-refractivity contribution in [3.05, 3.63) is 16.3 Å². The van der Waals surface area contributed by atoms with Gasteiger partial charge in [-0.05, 0) is 25.2 Å². The molecule has 0 aromatic carbocycles. The third kappa shape index (κ3) is 2.62. The third-order valence-electron chi connectivity index (χ3n) is 1.71. The molecule has 1 aromatic heterocycles. The molecule has 1 aromatic rings. The predicted molar refractivity (Wildman–Crippen MR) is 55.7 cm³/mol. The zero-order valence-electron chi connectivity index (χ0n) is 8.18. The maximum atomic E-state index is 11.0. The number of hydrogen-bond acceptors (Lipinski definition) is 6. The van der Waals surface area contributed by atoms with Crippen LogP contribution >= 0.6 is 11.3 Å². The zero-order chi connectivity index (χ0) is 11.6. The third-order valence-corrected chi connectivity index (χ3v) is 2.57. The summed E-state index contributed by atoms with van der Waals surface area (Å²) in [6, 6.07) is 0. The van der Waals surface area contributed by atoms with Crippen LogP contribution in [0.5, 0.6) is 0 Å². The van der Waals surface area contributed by atoms with E-state index in [-0.39, 0.29) is 5.00 Å². The average Bonchev–Trinajstić information content (AvgIpc) is 2.51. The number of nitrogens with zero attached hydrogens (tertiary/aromatic N) is 2. The zero-order valence-corrected chi connectivity index (χ0v) is 9.00. The number of carbonyl (C=O) groups is 1. The molecule has 0 bridgehead atoms. The number of thiazole rings is 1. The summed E-state index contributed by atoms with van der Waals surface area (Å²) in [6.07, 6.45) is 1.13. The van der Waals surface area contributed by atoms with Gasteiger partial charge in [-0.25, -0.2) is 4.98 Å². The van der Waals surface area contributed by atoms with Gasteiger partial charge in [-0.1, -0.05) is 0 Å². The Labute approximate surface area is 89.5 Å². The van der Waals surface area contributed by atoms with Crippen LogP contribution in [-0.4, -0.2) is 21.4 Å². The van der Waals surface area contributed by atoms with Gasteiger partial charge < -0.3 is 11.1 Å². The molecule has 7 nitrogen and oxygen atoms in total. The highest BCUT2D eigenvalue weighted by atomic mass is 32.1. The molecule has 1 amide bonds. The predicted octanol–water partition coefficient (Wildman–Crippen LogP) is 0.727. The van der Waals surface area contributed by atoms with Gasteiger partial charge >= 0.3 is 5.00 Å². The average molecular weight is 230 g/mol. The first-order valence-electron chi connectivity index (χ1n) is 4.01. The minimum Gasteiger partial charge on any atom is -0.368 e. The van der Waals surface area contributed by atoms with Gasteiger partial charge in [-0.2, -0.15) is 0 Å². The van der Waals surface area contributed by atoms with Crippen LogP contribution in [0.15, 0.2) is 6.20 Å². The number of carbonyl (C=O) groups excluding carboxylic acids is 1. The summed E-state index contributed by atoms with van der Waals surface area (Å²) >= 11 is 0.856. The lowest BCUT2D eigenvalue weighted by molar-refractivity contribution is -0.380. The fourth-order valence-corrected chi connectivity index (χ4v) is 1.53. The molecule has 0 saturated heterocycles. The molecule has 8 heteroatoms. The van der Waals surface area contributed by atoms with Crippen molar-refractivity contribution in [1.29, 1.82) is 0 Å². The van der Waals surface area contributed by atoms with Crippen LogP contribution < -0.4 is 11.1 Å². The summed E-state index contributed by atoms with van der Waals surface area (Å²) < 4.78 is 0. The van der Waals surface area contributed by atoms with Crippen LogP contribution in [0.1, 0.15) is 13.8 Å². The summed E-state index contributed by atoms with van der Waals surface area (Å²) in [5, 5.41) is 13.3. The second-order valence-electron chi connectivity index (χ2n) is 3.38. The number of nitrogens with one attached hydrogen (secondary N) is 1. The van der Waals surface area contributed by atoms with E-state index in [4.69, 9.17) is 5.73 Å². The number of amides is 1. The second-order valence-corrected chi connectivity index (χ2v) is 4.38. The standard InChI is InChI=1S/C7H10N4O3S/c1-7(2,5(8)12)10-6-9-3-4(15-6)11(13)14/h3H,1-2H3,(H2,8,12)(H,9,10). The van der Waals surface area contributed by atoms with Gasteiger partial charge in [0.05, 0.1) is 4.92 Å². The van der Waals surface area contributed by atoms with E-state index < -0.39 is 16.4 Å². The Bertz CT molecular complexity index is 401. The van der Waals surface area contributed by atoms with Crippen LogP contribution in [0.2, 0.25) is 0 Å². The SMILES string of the molecule is CC(C)(Nc1ncc([N+](=O)[O-])s1)C(N)=O. The fraction of sp³-hybridized carbons (Fsp3) is 0.429. The molecule has 0 spiro atoms. The first-order valence-corrected chi connectivity index (χ1v) is 4.83. The number of anilines is 1. The molecule has 0 unspecified atom stereocenters. The highest BCUT2D eigenvalue weighted by molar-refractivity contribution is 7.18. The van der Waals surface area contributed by atoms with Crippen molar-refractivity contribution in [2.75, 3.05) is 5.32 Å². The molecule has 0 atom stereocenters. The summed E-state index contributed by atoms with van der Waals surface area (Å²) in [6.45, 7) is 3.14. The van der Waals surface area contributed by atoms with Gasteiger partial charge in [0, 0.05) is 0 Å². The van der Waals surface area contributed by atoms with Crippen molar-refractivity contribution < 1.29 is 9.72 Å². The number of primary amides is 1. The molecule has 15 heavy (non-hydrogen) atoms. The summed E-state index contributed by atoms with van der Waals surface area (Å²) in [7, 11) is 0. The first kappa shape index (κ1) is 11.4. The van der Waals surface area contributed by atoms with Crippen LogP contribution in [0.4, 0.5) is 10.1 Å². The van der Waals surface area contributed by atoms with Crippen molar-refractivity contribution >= 4 is 27.4 Å². The van der Waals surface area contributed by atoms with Gasteiger partial charge in [0.15, 0.2) is 5.13 Å². The van der Waals surface area contributed by atoms with Crippen LogP contribution in [0.25, 0.3) is 0 Å². The Morgan fingerprint density at radius 2 is 2.33 bits per heavy atom. The van der Waals surface area contributed by atoms with E-state index in [1.807, 2.05) is 0 Å². The molecule has 1 heterocycles. The number of nitrogens with two attached hydrogens (primary N) is 1. The Morgan fingerprint density at radius 1 is 1.73 bits per heavy atom. The maximum Gasteiger partial charge on any atom is 0.345 e. The molecule has 1 rings (SSSR count). The van der Waals surface area contributed by atoms with E-state index in [9.17, 15) is 14.9 Å². The van der Waals surface area contributed by atoms with Gasteiger partial charge in [-0.15, -0.1) is 0 Å². The normalized spacial score (nSPS) is 11.1. The van der Waals surface area contributed by atoms with Crippen LogP contribution in [0, 0.1) is 10.1 Å². The highest BCUT2D eigenvalue weighted by Crippen LogP contribution is 2.27. The lowest BCUT2D eigenvalue weighted by Gasteiger charge is -2.21. The number of rotatable bonds is 4. The van der Waals surface area contributed by atoms with E-state index in [0.717, 1.165) is 17.5 Å². The quantitative estimate of drug-likeness (QED) is 0.585. The summed E-state index contributed by atoms with van der Waals surface area (Å²) in [4.78, 5) is 24.6. The molecular formula is C7H10N4O3S. The van der Waals surface area contributed by atoms with Gasteiger partial charge in [0.1, 0.15) is 11.7 Å². The number of aromatic nitrogens is 1. The Morgan fingerprint density at radius 3 is 2.73 bits per heavy atom. The molecule has 82 valence electrons. The smallest absolute Gasteiger partial charge is 0.345 e. The minimum atomic E-state index is -0.980. The lowest BCUT2D eigenvalue weighted by atomic mass is 10.1. The van der Waals surface area contributed by atoms with Crippen molar-refractivity contribution in [1.82, 2.24) is 4.98 Å². The molecule has 0 aliphatic rings. The van der Waals surface area contributed by atoms with Crippen molar-refractivity contribution in [3.8, 4) is 0 Å². The van der Waals surface area contributed by atoms with Gasteiger partial charge in [0.25, 0.3) is 0 Å². The van der Waals surface area contributed by atoms with E-state index >= 15 is 0 Å². The first-order chi connectivity index (χ1) is 6.83. The van der Waals surface area contributed by atoms with E-state index in [1.165, 1.54) is 0 Å². The molecule has 0 aliphatic carbocycles. The number of nitro groups is 1. The second kappa shape index (κ2) is 3.81. The summed E-state index contributed by atoms with van der Waals surface area (Å²) in [5.41, 5.74) is 4.15. The van der Waals surface area contributed by atoms with Gasteiger partial charge in [0.2, 0.25) is 5.91 Å². The van der Waals surface area contributed by atoms with Crippen molar-refractivity contribution in [2.45, 2.75) is 19.4 Å². The summed E-state index contributed by atoms with van der Waals surface area (Å²) in [5.74, 6) is -0.555. The minimum absolute atomic E-state index is 0.0854. The Kier molecular flexibility index (Phi) is 2.89. The maximum absolute atomic E-state index is 11.0. The van der Waals surface area contributed by atoms with Crippen molar-refractivity contribution in [3.63, 3.8) is 0 Å². The molecule has 0 aliphatic heterocycles. The fourth-order valence-electron chi connectivity index (χ4n) is 0.737. The van der Waals surface area contributed by atoms with Gasteiger partial charge in [-0.3, -0.25) is 14.9 Å². The topological polar surface area (TPSA) is 111 Å². The van der Waals surface area contributed by atoms with Crippen LogP contribution in [-0.2, 0) is 4.79 Å². The number of hydrogen-bond donors (Lipinski definition) is 2. The highest BCUT2D eigenvalue weighted by Gasteiger charge is 2.26. The largest absolute Gasteiger partial charge is 0.368 e. The molecule has 3 N–H and O–H groups in total. The Hall–Kier alpha value is -1.70. The molecule has 0 fully saturated rings. The van der Waals surface area contributed by atoms with Crippen LogP contribution in [0.3, 0.4) is 0 Å². The molecular weight excluding hydrogens is 220 g/mol. The monoisotopic (exact) mass is 230 g/mol. The Balaban J connectivity index is 2.82. The van der Waals surface area contributed by atoms with Crippen molar-refractivity contribution in [2.24, 2.45) is 5.73 Å². The lowest BCUT2D eigenvalue weighted by Crippen LogP contribution is -2.44. The van der Waals surface area contributed by atoms with E-state index in [1.54, 1.807) is 13.8 Å². The van der Waals surface area contributed by atoms with E-state index in [2.05, 4.69) is 10.3 Å². The van der Waals surface area contributed by atoms with E-state index in [0.29, 0.717) is 5.13 Å². The molecule has 0 saturated carbocycles.